The number of hydrogen-bond acceptors (Lipinski definition) is 6. The number of carboxylic acids is 1. The van der Waals surface area contributed by atoms with Crippen LogP contribution in [0, 0.1) is 6.92 Å². The van der Waals surface area contributed by atoms with Crippen molar-refractivity contribution in [1.29, 1.82) is 0 Å². The molecule has 0 fully saturated rings. The molecule has 3 aromatic rings. The Morgan fingerprint density at radius 3 is 2.61 bits per heavy atom. The van der Waals surface area contributed by atoms with Crippen molar-refractivity contribution in [3.05, 3.63) is 52.2 Å². The lowest BCUT2D eigenvalue weighted by Crippen LogP contribution is -2.25. The van der Waals surface area contributed by atoms with Crippen molar-refractivity contribution in [1.82, 2.24) is 15.3 Å². The fraction of sp³-hybridized carbons (Fsp3) is 0.300. The molecule has 0 saturated heterocycles. The fourth-order valence-corrected chi connectivity index (χ4v) is 3.74. The van der Waals surface area contributed by atoms with Gasteiger partial charge in [0.2, 0.25) is 0 Å². The van der Waals surface area contributed by atoms with Crippen LogP contribution in [0.1, 0.15) is 40.0 Å². The quantitative estimate of drug-likeness (QED) is 0.537. The van der Waals surface area contributed by atoms with E-state index in [1.165, 1.54) is 4.88 Å². The second kappa shape index (κ2) is 8.79. The number of thiophene rings is 1. The predicted molar refractivity (Wildman–Crippen MR) is 110 cm³/mol. The number of nitrogens with zero attached hydrogens (tertiary/aromatic N) is 2. The Labute approximate surface area is 166 Å². The molecule has 1 aromatic carbocycles. The van der Waals surface area contributed by atoms with Crippen LogP contribution in [0.25, 0.3) is 10.2 Å². The van der Waals surface area contributed by atoms with Gasteiger partial charge in [0.05, 0.1) is 11.8 Å². The second-order valence-corrected chi connectivity index (χ2v) is 7.47. The molecule has 3 N–H and O–H groups in total. The fourth-order valence-electron chi connectivity index (χ4n) is 2.73. The number of carboxylic acid groups (broad SMARTS) is 1. The first kappa shape index (κ1) is 19.8. The van der Waals surface area contributed by atoms with E-state index in [9.17, 15) is 9.59 Å². The lowest BCUT2D eigenvalue weighted by atomic mass is 10.1. The van der Waals surface area contributed by atoms with Crippen molar-refractivity contribution < 1.29 is 14.7 Å². The zero-order valence-electron chi connectivity index (χ0n) is 15.8. The van der Waals surface area contributed by atoms with Crippen LogP contribution in [0.4, 0.5) is 5.82 Å². The number of anilines is 1. The topological polar surface area (TPSA) is 104 Å². The molecule has 0 aliphatic heterocycles. The van der Waals surface area contributed by atoms with Crippen LogP contribution in [0.2, 0.25) is 0 Å². The number of aryl methyl sites for hydroxylation is 2. The summed E-state index contributed by atoms with van der Waals surface area (Å²) in [5.74, 6) is 0.327. The molecule has 0 bridgehead atoms. The molecule has 146 valence electrons. The van der Waals surface area contributed by atoms with Crippen molar-refractivity contribution in [2.45, 2.75) is 33.2 Å². The minimum atomic E-state index is -0.938. The van der Waals surface area contributed by atoms with Crippen LogP contribution in [0.5, 0.6) is 0 Å². The van der Waals surface area contributed by atoms with E-state index in [1.54, 1.807) is 23.5 Å². The number of nitrogens with one attached hydrogen (secondary N) is 2. The summed E-state index contributed by atoms with van der Waals surface area (Å²) >= 11 is 1.69. The third kappa shape index (κ3) is 4.83. The maximum atomic E-state index is 12.0. The first-order valence-corrected chi connectivity index (χ1v) is 9.87. The van der Waals surface area contributed by atoms with Crippen LogP contribution in [-0.4, -0.2) is 33.5 Å². The van der Waals surface area contributed by atoms with Crippen molar-refractivity contribution >= 4 is 39.2 Å². The minimum absolute atomic E-state index is 0.0944. The van der Waals surface area contributed by atoms with Gasteiger partial charge in [0.15, 0.2) is 0 Å². The number of benzene rings is 1. The Morgan fingerprint density at radius 1 is 1.18 bits per heavy atom. The number of carbonyl (C=O) groups excluding carboxylic acids is 1. The summed E-state index contributed by atoms with van der Waals surface area (Å²) in [5, 5.41) is 15.6. The maximum absolute atomic E-state index is 12.0. The molecule has 0 spiro atoms. The van der Waals surface area contributed by atoms with E-state index in [0.29, 0.717) is 12.1 Å². The van der Waals surface area contributed by atoms with Gasteiger partial charge in [-0.1, -0.05) is 19.1 Å². The molecule has 2 heterocycles. The number of fused-ring (bicyclic) bond motifs is 1. The highest BCUT2D eigenvalue weighted by molar-refractivity contribution is 7.18. The number of carbonyl (C=O) groups is 2. The standard InChI is InChI=1S/C20H22N4O3S/c1-3-15-10-16-18(23-12(2)24-20(16)28-15)22-11-13-4-6-14(7-5-13)19(27)21-9-8-17(25)26/h4-7,10H,3,8-9,11H2,1-2H3,(H,21,27)(H,25,26)(H,22,23,24). The molecule has 2 aromatic heterocycles. The molecule has 0 aliphatic rings. The summed E-state index contributed by atoms with van der Waals surface area (Å²) in [5.41, 5.74) is 1.51. The van der Waals surface area contributed by atoms with E-state index in [2.05, 4.69) is 33.6 Å². The Bertz CT molecular complexity index is 999. The largest absolute Gasteiger partial charge is 0.481 e. The predicted octanol–water partition coefficient (Wildman–Crippen LogP) is 3.38. The smallest absolute Gasteiger partial charge is 0.305 e. The summed E-state index contributed by atoms with van der Waals surface area (Å²) in [6, 6.07) is 9.33. The van der Waals surface area contributed by atoms with Gasteiger partial charge in [-0.15, -0.1) is 11.3 Å². The summed E-state index contributed by atoms with van der Waals surface area (Å²) < 4.78 is 0. The number of amides is 1. The monoisotopic (exact) mass is 398 g/mol. The average molecular weight is 398 g/mol. The van der Waals surface area contributed by atoms with Crippen molar-refractivity contribution in [3.63, 3.8) is 0 Å². The highest BCUT2D eigenvalue weighted by Gasteiger charge is 2.10. The van der Waals surface area contributed by atoms with E-state index in [4.69, 9.17) is 5.11 Å². The third-order valence-electron chi connectivity index (χ3n) is 4.20. The lowest BCUT2D eigenvalue weighted by Gasteiger charge is -2.09. The number of rotatable bonds is 8. The molecule has 0 unspecified atom stereocenters. The van der Waals surface area contributed by atoms with Crippen LogP contribution in [0.15, 0.2) is 30.3 Å². The molecular weight excluding hydrogens is 376 g/mol. The molecule has 0 aliphatic carbocycles. The maximum Gasteiger partial charge on any atom is 0.305 e. The van der Waals surface area contributed by atoms with Gasteiger partial charge in [0.25, 0.3) is 5.91 Å². The average Bonchev–Trinajstić information content (AvgIpc) is 3.09. The van der Waals surface area contributed by atoms with Gasteiger partial charge in [-0.25, -0.2) is 9.97 Å². The van der Waals surface area contributed by atoms with Gasteiger partial charge in [0, 0.05) is 23.5 Å². The SMILES string of the molecule is CCc1cc2c(NCc3ccc(C(=O)NCCC(=O)O)cc3)nc(C)nc2s1. The van der Waals surface area contributed by atoms with Gasteiger partial charge in [-0.2, -0.15) is 0 Å². The van der Waals surface area contributed by atoms with Gasteiger partial charge >= 0.3 is 5.97 Å². The lowest BCUT2D eigenvalue weighted by molar-refractivity contribution is -0.136. The second-order valence-electron chi connectivity index (χ2n) is 6.35. The first-order valence-electron chi connectivity index (χ1n) is 9.06. The van der Waals surface area contributed by atoms with E-state index in [0.717, 1.165) is 33.8 Å². The molecule has 0 atom stereocenters. The minimum Gasteiger partial charge on any atom is -0.481 e. The van der Waals surface area contributed by atoms with Gasteiger partial charge < -0.3 is 15.7 Å². The number of aliphatic carboxylic acids is 1. The molecular formula is C20H22N4O3S. The molecule has 3 rings (SSSR count). The van der Waals surface area contributed by atoms with Gasteiger partial charge in [-0.3, -0.25) is 9.59 Å². The van der Waals surface area contributed by atoms with E-state index >= 15 is 0 Å². The molecule has 7 nitrogen and oxygen atoms in total. The third-order valence-corrected chi connectivity index (χ3v) is 5.38. The summed E-state index contributed by atoms with van der Waals surface area (Å²) in [6.45, 7) is 4.69. The van der Waals surface area contributed by atoms with Crippen molar-refractivity contribution in [2.75, 3.05) is 11.9 Å². The Morgan fingerprint density at radius 2 is 1.93 bits per heavy atom. The van der Waals surface area contributed by atoms with Crippen LogP contribution in [0.3, 0.4) is 0 Å². The molecule has 28 heavy (non-hydrogen) atoms. The molecule has 1 amide bonds. The highest BCUT2D eigenvalue weighted by Crippen LogP contribution is 2.29. The normalized spacial score (nSPS) is 10.8. The number of aromatic nitrogens is 2. The van der Waals surface area contributed by atoms with Gasteiger partial charge in [0.1, 0.15) is 16.5 Å². The Kier molecular flexibility index (Phi) is 6.20. The molecule has 0 saturated carbocycles. The van der Waals surface area contributed by atoms with Crippen molar-refractivity contribution in [3.8, 4) is 0 Å². The summed E-state index contributed by atoms with van der Waals surface area (Å²) in [7, 11) is 0. The zero-order chi connectivity index (χ0) is 20.1. The Balaban J connectivity index is 1.65. The van der Waals surface area contributed by atoms with Gasteiger partial charge in [-0.05, 0) is 37.1 Å². The zero-order valence-corrected chi connectivity index (χ0v) is 16.6. The number of hydrogen-bond donors (Lipinski definition) is 3. The van der Waals surface area contributed by atoms with Crippen LogP contribution < -0.4 is 10.6 Å². The van der Waals surface area contributed by atoms with Crippen LogP contribution >= 0.6 is 11.3 Å². The van der Waals surface area contributed by atoms with Crippen molar-refractivity contribution in [2.24, 2.45) is 0 Å². The first-order chi connectivity index (χ1) is 13.5. The Hall–Kier alpha value is -3.00. The van der Waals surface area contributed by atoms with E-state index in [1.807, 2.05) is 19.1 Å². The summed E-state index contributed by atoms with van der Waals surface area (Å²) in [6.07, 6.45) is 0.873. The highest BCUT2D eigenvalue weighted by atomic mass is 32.1. The molecule has 0 radical (unpaired) electrons. The van der Waals surface area contributed by atoms with E-state index in [-0.39, 0.29) is 18.9 Å². The van der Waals surface area contributed by atoms with Crippen LogP contribution in [-0.2, 0) is 17.8 Å². The summed E-state index contributed by atoms with van der Waals surface area (Å²) in [4.78, 5) is 33.8. The molecule has 8 heteroatoms. The van der Waals surface area contributed by atoms with E-state index < -0.39 is 5.97 Å².